The molecule has 0 bridgehead atoms. The lowest BCUT2D eigenvalue weighted by Gasteiger charge is -2.14. The molecule has 5 rings (SSSR count). The number of benzene rings is 2. The van der Waals surface area contributed by atoms with Gasteiger partial charge in [-0.25, -0.2) is 23.9 Å². The monoisotopic (exact) mass is 528 g/mol. The van der Waals surface area contributed by atoms with Crippen molar-refractivity contribution in [2.75, 3.05) is 38.4 Å². The summed E-state index contributed by atoms with van der Waals surface area (Å²) in [6.45, 7) is 0.622. The summed E-state index contributed by atoms with van der Waals surface area (Å²) in [6, 6.07) is 11.2. The van der Waals surface area contributed by atoms with Crippen LogP contribution < -0.4 is 20.1 Å². The number of fused-ring (bicyclic) bond motifs is 2. The second-order valence-corrected chi connectivity index (χ2v) is 8.74. The SMILES string of the molecule is COc1cc2ncnc(Nc3ccc(Oc4ccn5ncnc5c4)cc3F)c2cc1NC(=O)/C=C/CN(C)C. The molecule has 0 aliphatic heterocycles. The van der Waals surface area contributed by atoms with Crippen molar-refractivity contribution in [3.8, 4) is 17.2 Å². The molecule has 0 aliphatic carbocycles. The Balaban J connectivity index is 1.38. The number of nitrogens with zero attached hydrogens (tertiary/aromatic N) is 6. The van der Waals surface area contributed by atoms with E-state index in [1.54, 1.807) is 53.2 Å². The molecule has 0 atom stereocenters. The minimum absolute atomic E-state index is 0.184. The van der Waals surface area contributed by atoms with Gasteiger partial charge in [0.1, 0.15) is 41.5 Å². The van der Waals surface area contributed by atoms with Crippen LogP contribution in [0.3, 0.4) is 0 Å². The van der Waals surface area contributed by atoms with Gasteiger partial charge in [-0.05, 0) is 38.4 Å². The Morgan fingerprint density at radius 3 is 2.69 bits per heavy atom. The topological polar surface area (TPSA) is 119 Å². The van der Waals surface area contributed by atoms with Gasteiger partial charge in [-0.1, -0.05) is 6.08 Å². The van der Waals surface area contributed by atoms with Crippen LogP contribution >= 0.6 is 0 Å². The Bertz CT molecular complexity index is 1690. The van der Waals surface area contributed by atoms with Gasteiger partial charge in [0.25, 0.3) is 0 Å². The molecule has 2 aromatic carbocycles. The van der Waals surface area contributed by atoms with Gasteiger partial charge in [0.2, 0.25) is 5.91 Å². The smallest absolute Gasteiger partial charge is 0.248 e. The average molecular weight is 529 g/mol. The number of carbonyl (C=O) groups is 1. The molecule has 1 amide bonds. The summed E-state index contributed by atoms with van der Waals surface area (Å²) in [7, 11) is 5.32. The lowest BCUT2D eigenvalue weighted by Crippen LogP contribution is -2.13. The number of likely N-dealkylation sites (N-methyl/N-ethyl adjacent to an activating group) is 1. The molecule has 0 radical (unpaired) electrons. The predicted octanol–water partition coefficient (Wildman–Crippen LogP) is 4.41. The van der Waals surface area contributed by atoms with Crippen LogP contribution in [-0.2, 0) is 4.79 Å². The third-order valence-corrected chi connectivity index (χ3v) is 5.64. The molecule has 0 spiro atoms. The highest BCUT2D eigenvalue weighted by atomic mass is 19.1. The number of halogens is 1. The number of hydrogen-bond acceptors (Lipinski definition) is 9. The Labute approximate surface area is 222 Å². The maximum atomic E-state index is 15.1. The maximum Gasteiger partial charge on any atom is 0.248 e. The molecule has 12 heteroatoms. The third kappa shape index (κ3) is 5.91. The zero-order valence-corrected chi connectivity index (χ0v) is 21.4. The highest BCUT2D eigenvalue weighted by Gasteiger charge is 2.14. The quantitative estimate of drug-likeness (QED) is 0.268. The minimum Gasteiger partial charge on any atom is -0.494 e. The van der Waals surface area contributed by atoms with Gasteiger partial charge in [0.05, 0.1) is 24.0 Å². The number of anilines is 3. The molecular weight excluding hydrogens is 503 g/mol. The van der Waals surface area contributed by atoms with Crippen LogP contribution in [0.15, 0.2) is 73.5 Å². The fourth-order valence-electron chi connectivity index (χ4n) is 3.78. The van der Waals surface area contributed by atoms with Gasteiger partial charge in [-0.2, -0.15) is 5.10 Å². The van der Waals surface area contributed by atoms with Gasteiger partial charge < -0.3 is 25.0 Å². The van der Waals surface area contributed by atoms with E-state index in [-0.39, 0.29) is 11.6 Å². The Hall–Kier alpha value is -5.10. The lowest BCUT2D eigenvalue weighted by molar-refractivity contribution is -0.111. The number of methoxy groups -OCH3 is 1. The van der Waals surface area contributed by atoms with Gasteiger partial charge in [0, 0.05) is 42.4 Å². The van der Waals surface area contributed by atoms with E-state index < -0.39 is 5.82 Å². The third-order valence-electron chi connectivity index (χ3n) is 5.64. The first-order valence-corrected chi connectivity index (χ1v) is 11.9. The number of rotatable bonds is 9. The summed E-state index contributed by atoms with van der Waals surface area (Å²) < 4.78 is 27.9. The lowest BCUT2D eigenvalue weighted by atomic mass is 10.1. The van der Waals surface area contributed by atoms with Crippen molar-refractivity contribution in [3.63, 3.8) is 0 Å². The van der Waals surface area contributed by atoms with Crippen LogP contribution in [0.4, 0.5) is 21.6 Å². The Morgan fingerprint density at radius 1 is 1.05 bits per heavy atom. The number of amides is 1. The van der Waals surface area contributed by atoms with E-state index in [1.807, 2.05) is 19.0 Å². The molecular formula is C27H25FN8O3. The number of ether oxygens (including phenoxy) is 2. The first-order chi connectivity index (χ1) is 18.9. The molecule has 0 saturated heterocycles. The molecule has 198 valence electrons. The summed E-state index contributed by atoms with van der Waals surface area (Å²) in [5.41, 5.74) is 1.77. The number of hydrogen-bond donors (Lipinski definition) is 2. The first-order valence-electron chi connectivity index (χ1n) is 11.9. The molecule has 2 N–H and O–H groups in total. The first kappa shape index (κ1) is 25.5. The molecule has 0 fully saturated rings. The van der Waals surface area contributed by atoms with E-state index in [0.29, 0.717) is 51.8 Å². The molecule has 5 aromatic rings. The number of carbonyl (C=O) groups excluding carboxylic acids is 1. The zero-order valence-electron chi connectivity index (χ0n) is 21.4. The van der Waals surface area contributed by atoms with E-state index in [1.165, 1.54) is 31.9 Å². The Kier molecular flexibility index (Phi) is 7.28. The number of aromatic nitrogens is 5. The average Bonchev–Trinajstić information content (AvgIpc) is 3.38. The molecule has 0 unspecified atom stereocenters. The van der Waals surface area contributed by atoms with Crippen LogP contribution in [0.2, 0.25) is 0 Å². The predicted molar refractivity (Wildman–Crippen MR) is 145 cm³/mol. The summed E-state index contributed by atoms with van der Waals surface area (Å²) in [4.78, 5) is 27.1. The standard InChI is InChI=1S/C27H25FN8O3/c1-35(2)9-4-5-26(37)33-23-13-19-22(14-24(23)38-3)29-15-31-27(19)34-21-7-6-17(11-20(21)28)39-18-8-10-36-25(12-18)30-16-32-36/h4-8,10-16H,9H2,1-3H3,(H,33,37)(H,29,31,34)/b5-4+. The normalized spacial score (nSPS) is 11.4. The molecule has 39 heavy (non-hydrogen) atoms. The summed E-state index contributed by atoms with van der Waals surface area (Å²) in [5, 5.41) is 10.4. The maximum absolute atomic E-state index is 15.1. The van der Waals surface area contributed by atoms with Crippen LogP contribution in [0.5, 0.6) is 17.2 Å². The number of nitrogens with one attached hydrogen (secondary N) is 2. The highest BCUT2D eigenvalue weighted by Crippen LogP contribution is 2.34. The van der Waals surface area contributed by atoms with E-state index in [4.69, 9.17) is 9.47 Å². The molecule has 0 saturated carbocycles. The number of pyridine rings is 1. The van der Waals surface area contributed by atoms with Crippen molar-refractivity contribution in [2.45, 2.75) is 0 Å². The van der Waals surface area contributed by atoms with E-state index in [0.717, 1.165) is 0 Å². The molecule has 3 aromatic heterocycles. The van der Waals surface area contributed by atoms with Crippen LogP contribution in [-0.4, -0.2) is 63.1 Å². The van der Waals surface area contributed by atoms with Crippen molar-refractivity contribution < 1.29 is 18.7 Å². The highest BCUT2D eigenvalue weighted by molar-refractivity contribution is 6.03. The van der Waals surface area contributed by atoms with E-state index in [2.05, 4.69) is 30.7 Å². The second kappa shape index (κ2) is 11.1. The van der Waals surface area contributed by atoms with Crippen molar-refractivity contribution >= 4 is 39.6 Å². The van der Waals surface area contributed by atoms with Crippen LogP contribution in [0, 0.1) is 5.82 Å². The van der Waals surface area contributed by atoms with Crippen LogP contribution in [0.25, 0.3) is 16.6 Å². The fourth-order valence-corrected chi connectivity index (χ4v) is 3.78. The van der Waals surface area contributed by atoms with E-state index in [9.17, 15) is 4.79 Å². The fraction of sp³-hybridized carbons (Fsp3) is 0.148. The minimum atomic E-state index is -0.545. The van der Waals surface area contributed by atoms with Crippen molar-refractivity contribution in [2.24, 2.45) is 0 Å². The van der Waals surface area contributed by atoms with Gasteiger partial charge in [-0.15, -0.1) is 0 Å². The van der Waals surface area contributed by atoms with Crippen LogP contribution in [0.1, 0.15) is 0 Å². The van der Waals surface area contributed by atoms with Crippen molar-refractivity contribution in [1.29, 1.82) is 0 Å². The van der Waals surface area contributed by atoms with Gasteiger partial charge in [0.15, 0.2) is 5.65 Å². The Morgan fingerprint density at radius 2 is 1.90 bits per heavy atom. The van der Waals surface area contributed by atoms with Crippen molar-refractivity contribution in [3.05, 3.63) is 79.3 Å². The van der Waals surface area contributed by atoms with E-state index >= 15 is 4.39 Å². The van der Waals surface area contributed by atoms with Gasteiger partial charge in [-0.3, -0.25) is 4.79 Å². The molecule has 11 nitrogen and oxygen atoms in total. The summed E-state index contributed by atoms with van der Waals surface area (Å²) in [5.74, 6) is 0.732. The van der Waals surface area contributed by atoms with Gasteiger partial charge >= 0.3 is 0 Å². The zero-order chi connectivity index (χ0) is 27.4. The summed E-state index contributed by atoms with van der Waals surface area (Å²) >= 11 is 0. The summed E-state index contributed by atoms with van der Waals surface area (Å²) in [6.07, 6.45) is 7.71. The molecule has 0 aliphatic rings. The molecule has 3 heterocycles. The van der Waals surface area contributed by atoms with Crippen molar-refractivity contribution in [1.82, 2.24) is 29.5 Å². The largest absolute Gasteiger partial charge is 0.494 e. The second-order valence-electron chi connectivity index (χ2n) is 8.74.